The lowest BCUT2D eigenvalue weighted by atomic mass is 9.87. The van der Waals surface area contributed by atoms with Gasteiger partial charge in [0.05, 0.1) is 0 Å². The molecule has 1 N–H and O–H groups in total. The van der Waals surface area contributed by atoms with E-state index in [0.29, 0.717) is 5.41 Å². The third-order valence-electron chi connectivity index (χ3n) is 2.30. The van der Waals surface area contributed by atoms with E-state index in [0.717, 1.165) is 12.0 Å². The first-order valence-electron chi connectivity index (χ1n) is 4.71. The molecule has 0 radical (unpaired) electrons. The van der Waals surface area contributed by atoms with E-state index in [1.165, 1.54) is 19.4 Å². The third kappa shape index (κ3) is 3.24. The zero-order valence-electron chi connectivity index (χ0n) is 8.28. The van der Waals surface area contributed by atoms with Crippen LogP contribution in [0.5, 0.6) is 0 Å². The molecule has 1 heteroatoms. The topological polar surface area (TPSA) is 12.0 Å². The fourth-order valence-electron chi connectivity index (χ4n) is 1.91. The van der Waals surface area contributed by atoms with Gasteiger partial charge in [0, 0.05) is 6.04 Å². The van der Waals surface area contributed by atoms with E-state index in [2.05, 4.69) is 33.0 Å². The lowest BCUT2D eigenvalue weighted by Gasteiger charge is -2.22. The molecule has 2 unspecified atom stereocenters. The van der Waals surface area contributed by atoms with Gasteiger partial charge >= 0.3 is 0 Å². The maximum absolute atomic E-state index is 3.56. The molecule has 11 heavy (non-hydrogen) atoms. The van der Waals surface area contributed by atoms with Crippen LogP contribution in [0, 0.1) is 11.3 Å². The Bertz CT molecular complexity index is 123. The van der Waals surface area contributed by atoms with Crippen molar-refractivity contribution < 1.29 is 0 Å². The van der Waals surface area contributed by atoms with Gasteiger partial charge in [-0.1, -0.05) is 27.7 Å². The molecular weight excluding hydrogens is 134 g/mol. The highest BCUT2D eigenvalue weighted by Gasteiger charge is 2.24. The average Bonchev–Trinajstić information content (AvgIpc) is 2.10. The van der Waals surface area contributed by atoms with Gasteiger partial charge in [0.1, 0.15) is 0 Å². The largest absolute Gasteiger partial charge is 0.314 e. The van der Waals surface area contributed by atoms with Crippen molar-refractivity contribution in [3.8, 4) is 0 Å². The van der Waals surface area contributed by atoms with Crippen LogP contribution in [0.3, 0.4) is 0 Å². The maximum atomic E-state index is 3.56. The molecule has 1 aliphatic rings. The Kier molecular flexibility index (Phi) is 2.58. The summed E-state index contributed by atoms with van der Waals surface area (Å²) in [4.78, 5) is 0. The van der Waals surface area contributed by atoms with E-state index in [1.54, 1.807) is 0 Å². The van der Waals surface area contributed by atoms with Gasteiger partial charge in [0.15, 0.2) is 0 Å². The van der Waals surface area contributed by atoms with Gasteiger partial charge in [-0.15, -0.1) is 0 Å². The fourth-order valence-corrected chi connectivity index (χ4v) is 1.91. The first kappa shape index (κ1) is 9.05. The summed E-state index contributed by atoms with van der Waals surface area (Å²) in [5, 5.41) is 3.56. The van der Waals surface area contributed by atoms with E-state index in [-0.39, 0.29) is 0 Å². The van der Waals surface area contributed by atoms with Crippen molar-refractivity contribution in [2.24, 2.45) is 11.3 Å². The zero-order chi connectivity index (χ0) is 8.48. The minimum absolute atomic E-state index is 0.488. The normalized spacial score (nSPS) is 32.7. The van der Waals surface area contributed by atoms with Crippen LogP contribution in [-0.2, 0) is 0 Å². The van der Waals surface area contributed by atoms with E-state index in [4.69, 9.17) is 0 Å². The molecule has 0 aromatic rings. The first-order valence-corrected chi connectivity index (χ1v) is 4.71. The molecule has 1 saturated heterocycles. The highest BCUT2D eigenvalue weighted by molar-refractivity contribution is 4.82. The Morgan fingerprint density at radius 1 is 1.36 bits per heavy atom. The lowest BCUT2D eigenvalue weighted by Crippen LogP contribution is -2.26. The van der Waals surface area contributed by atoms with Crippen LogP contribution in [0.15, 0.2) is 0 Å². The Hall–Kier alpha value is -0.0400. The van der Waals surface area contributed by atoms with Crippen molar-refractivity contribution in [3.63, 3.8) is 0 Å². The second kappa shape index (κ2) is 3.14. The third-order valence-corrected chi connectivity index (χ3v) is 2.30. The number of hydrogen-bond donors (Lipinski definition) is 1. The molecule has 0 aromatic carbocycles. The summed E-state index contributed by atoms with van der Waals surface area (Å²) in [6.45, 7) is 10.5. The van der Waals surface area contributed by atoms with Crippen LogP contribution >= 0.6 is 0 Å². The number of hydrogen-bond acceptors (Lipinski definition) is 1. The van der Waals surface area contributed by atoms with Crippen molar-refractivity contribution in [2.45, 2.75) is 46.6 Å². The predicted octanol–water partition coefficient (Wildman–Crippen LogP) is 2.42. The monoisotopic (exact) mass is 155 g/mol. The van der Waals surface area contributed by atoms with Crippen LogP contribution in [0.25, 0.3) is 0 Å². The Morgan fingerprint density at radius 3 is 2.36 bits per heavy atom. The molecule has 1 nitrogen and oxygen atoms in total. The first-order chi connectivity index (χ1) is 4.97. The summed E-state index contributed by atoms with van der Waals surface area (Å²) in [7, 11) is 0. The van der Waals surface area contributed by atoms with Gasteiger partial charge in [-0.25, -0.2) is 0 Å². The molecule has 0 saturated carbocycles. The van der Waals surface area contributed by atoms with Crippen molar-refractivity contribution in [1.29, 1.82) is 0 Å². The molecule has 0 spiro atoms. The van der Waals surface area contributed by atoms with Crippen LogP contribution < -0.4 is 5.32 Å². The van der Waals surface area contributed by atoms with Gasteiger partial charge in [-0.2, -0.15) is 0 Å². The minimum atomic E-state index is 0.488. The Morgan fingerprint density at radius 2 is 2.00 bits per heavy atom. The predicted molar refractivity (Wildman–Crippen MR) is 49.6 cm³/mol. The van der Waals surface area contributed by atoms with Crippen molar-refractivity contribution in [1.82, 2.24) is 5.32 Å². The van der Waals surface area contributed by atoms with E-state index < -0.39 is 0 Å². The van der Waals surface area contributed by atoms with Crippen LogP contribution in [0.1, 0.15) is 40.5 Å². The fraction of sp³-hybridized carbons (Fsp3) is 1.00. The highest BCUT2D eigenvalue weighted by atomic mass is 14.9. The molecule has 1 heterocycles. The standard InChI is InChI=1S/C10H21N/c1-8-5-9(11-7-8)6-10(2,3)4/h8-9,11H,5-7H2,1-4H3. The molecule has 0 bridgehead atoms. The van der Waals surface area contributed by atoms with E-state index >= 15 is 0 Å². The van der Waals surface area contributed by atoms with E-state index in [1.807, 2.05) is 0 Å². The van der Waals surface area contributed by atoms with Crippen molar-refractivity contribution >= 4 is 0 Å². The molecule has 1 rings (SSSR count). The molecule has 66 valence electrons. The van der Waals surface area contributed by atoms with Crippen molar-refractivity contribution in [2.75, 3.05) is 6.54 Å². The Labute approximate surface area is 70.6 Å². The van der Waals surface area contributed by atoms with Gasteiger partial charge in [0.2, 0.25) is 0 Å². The maximum Gasteiger partial charge on any atom is 0.00751 e. The Balaban J connectivity index is 2.29. The molecule has 1 aliphatic heterocycles. The second-order valence-corrected chi connectivity index (χ2v) is 5.21. The molecule has 0 aromatic heterocycles. The molecule has 0 aliphatic carbocycles. The van der Waals surface area contributed by atoms with Gasteiger partial charge in [-0.3, -0.25) is 0 Å². The summed E-state index contributed by atoms with van der Waals surface area (Å²) >= 11 is 0. The molecule has 0 amide bonds. The molecule has 1 fully saturated rings. The smallest absolute Gasteiger partial charge is 0.00751 e. The summed E-state index contributed by atoms with van der Waals surface area (Å²) < 4.78 is 0. The summed E-state index contributed by atoms with van der Waals surface area (Å²) in [5.41, 5.74) is 0.488. The summed E-state index contributed by atoms with van der Waals surface area (Å²) in [6.07, 6.45) is 2.69. The van der Waals surface area contributed by atoms with Crippen molar-refractivity contribution in [3.05, 3.63) is 0 Å². The van der Waals surface area contributed by atoms with Crippen LogP contribution in [0.4, 0.5) is 0 Å². The quantitative estimate of drug-likeness (QED) is 0.613. The van der Waals surface area contributed by atoms with Gasteiger partial charge in [0.25, 0.3) is 0 Å². The van der Waals surface area contributed by atoms with Gasteiger partial charge < -0.3 is 5.32 Å². The van der Waals surface area contributed by atoms with Crippen LogP contribution in [-0.4, -0.2) is 12.6 Å². The number of rotatable bonds is 1. The highest BCUT2D eigenvalue weighted by Crippen LogP contribution is 2.26. The SMILES string of the molecule is CC1CNC(CC(C)(C)C)C1. The summed E-state index contributed by atoms with van der Waals surface area (Å²) in [5.74, 6) is 0.891. The lowest BCUT2D eigenvalue weighted by molar-refractivity contribution is 0.323. The molecule has 2 atom stereocenters. The molecular formula is C10H21N. The average molecular weight is 155 g/mol. The second-order valence-electron chi connectivity index (χ2n) is 5.21. The zero-order valence-corrected chi connectivity index (χ0v) is 8.28. The van der Waals surface area contributed by atoms with Gasteiger partial charge in [-0.05, 0) is 30.7 Å². The van der Waals surface area contributed by atoms with Crippen LogP contribution in [0.2, 0.25) is 0 Å². The van der Waals surface area contributed by atoms with E-state index in [9.17, 15) is 0 Å². The number of nitrogens with one attached hydrogen (secondary N) is 1. The summed E-state index contributed by atoms with van der Waals surface area (Å²) in [6, 6.07) is 0.782. The minimum Gasteiger partial charge on any atom is -0.314 e.